The number of nitrogens with zero attached hydrogens (tertiary/aromatic N) is 2. The Labute approximate surface area is 153 Å². The van der Waals surface area contributed by atoms with Crippen LogP contribution in [0.15, 0.2) is 36.7 Å². The lowest BCUT2D eigenvalue weighted by molar-refractivity contribution is 0.0853. The number of hydrogen-bond acceptors (Lipinski definition) is 6. The van der Waals surface area contributed by atoms with Crippen molar-refractivity contribution in [2.75, 3.05) is 32.1 Å². The quantitative estimate of drug-likeness (QED) is 0.753. The summed E-state index contributed by atoms with van der Waals surface area (Å²) in [4.78, 5) is 20.5. The van der Waals surface area contributed by atoms with Gasteiger partial charge in [-0.25, -0.2) is 9.97 Å². The summed E-state index contributed by atoms with van der Waals surface area (Å²) in [7, 11) is 1.67. The van der Waals surface area contributed by atoms with Crippen LogP contribution in [-0.2, 0) is 11.2 Å². The van der Waals surface area contributed by atoms with Crippen molar-refractivity contribution in [2.24, 2.45) is 0 Å². The molecule has 1 aliphatic heterocycles. The van der Waals surface area contributed by atoms with Crippen LogP contribution in [0.4, 0.5) is 5.82 Å². The van der Waals surface area contributed by atoms with E-state index in [-0.39, 0.29) is 12.0 Å². The summed E-state index contributed by atoms with van der Waals surface area (Å²) >= 11 is 0. The lowest BCUT2D eigenvalue weighted by atomic mass is 10.1. The fraction of sp³-hybridized carbons (Fsp3) is 0.421. The fourth-order valence-corrected chi connectivity index (χ4v) is 2.87. The van der Waals surface area contributed by atoms with Gasteiger partial charge in [0.25, 0.3) is 5.91 Å². The van der Waals surface area contributed by atoms with Crippen LogP contribution in [0.3, 0.4) is 0 Å². The number of benzene rings is 1. The number of para-hydroxylation sites is 1. The van der Waals surface area contributed by atoms with E-state index in [1.54, 1.807) is 13.3 Å². The lowest BCUT2D eigenvalue weighted by Gasteiger charge is -2.11. The van der Waals surface area contributed by atoms with E-state index >= 15 is 0 Å². The van der Waals surface area contributed by atoms with Crippen LogP contribution in [0.25, 0.3) is 0 Å². The number of aromatic nitrogens is 2. The molecule has 138 valence electrons. The number of ether oxygens (including phenoxy) is 2. The molecule has 1 aromatic carbocycles. The number of nitrogens with one attached hydrogen (secondary N) is 2. The molecule has 1 atom stereocenters. The standard InChI is InChI=1S/C19H24N4O3/c1-25-17-7-3-2-5-14(17)8-9-20-18-13-21-16(12-22-18)19(24)23-11-15-6-4-10-26-15/h2-3,5,7,12-13,15H,4,6,8-11H2,1H3,(H,20,22)(H,23,24). The van der Waals surface area contributed by atoms with Gasteiger partial charge in [-0.1, -0.05) is 18.2 Å². The maximum Gasteiger partial charge on any atom is 0.271 e. The monoisotopic (exact) mass is 356 g/mol. The summed E-state index contributed by atoms with van der Waals surface area (Å²) in [6, 6.07) is 7.92. The minimum atomic E-state index is -0.228. The molecule has 2 N–H and O–H groups in total. The molecule has 0 bridgehead atoms. The van der Waals surface area contributed by atoms with Gasteiger partial charge in [-0.2, -0.15) is 0 Å². The fourth-order valence-electron chi connectivity index (χ4n) is 2.87. The summed E-state index contributed by atoms with van der Waals surface area (Å²) in [6.45, 7) is 1.98. The smallest absolute Gasteiger partial charge is 0.271 e. The average Bonchev–Trinajstić information content (AvgIpc) is 3.20. The largest absolute Gasteiger partial charge is 0.496 e. The van der Waals surface area contributed by atoms with Gasteiger partial charge < -0.3 is 20.1 Å². The van der Waals surface area contributed by atoms with Gasteiger partial charge >= 0.3 is 0 Å². The molecule has 2 heterocycles. The van der Waals surface area contributed by atoms with Crippen molar-refractivity contribution in [3.63, 3.8) is 0 Å². The molecule has 0 aliphatic carbocycles. The number of anilines is 1. The van der Waals surface area contributed by atoms with Crippen molar-refractivity contribution in [1.29, 1.82) is 0 Å². The van der Waals surface area contributed by atoms with Crippen LogP contribution in [-0.4, -0.2) is 48.8 Å². The van der Waals surface area contributed by atoms with E-state index in [1.807, 2.05) is 24.3 Å². The maximum absolute atomic E-state index is 12.1. The Balaban J connectivity index is 1.45. The third-order valence-corrected chi connectivity index (χ3v) is 4.29. The van der Waals surface area contributed by atoms with E-state index in [0.717, 1.165) is 37.2 Å². The Kier molecular flexibility index (Phi) is 6.38. The number of rotatable bonds is 8. The molecule has 7 nitrogen and oxygen atoms in total. The molecular formula is C19H24N4O3. The first-order valence-corrected chi connectivity index (χ1v) is 8.84. The Morgan fingerprint density at radius 2 is 2.19 bits per heavy atom. The minimum absolute atomic E-state index is 0.114. The second-order valence-electron chi connectivity index (χ2n) is 6.12. The van der Waals surface area contributed by atoms with Gasteiger partial charge in [0.1, 0.15) is 17.3 Å². The van der Waals surface area contributed by atoms with Gasteiger partial charge in [0.05, 0.1) is 25.6 Å². The summed E-state index contributed by atoms with van der Waals surface area (Å²) < 4.78 is 10.8. The molecule has 1 aromatic heterocycles. The van der Waals surface area contributed by atoms with E-state index in [0.29, 0.717) is 24.6 Å². The first kappa shape index (κ1) is 18.1. The SMILES string of the molecule is COc1ccccc1CCNc1cnc(C(=O)NCC2CCCO2)cn1. The zero-order valence-electron chi connectivity index (χ0n) is 14.9. The highest BCUT2D eigenvalue weighted by molar-refractivity contribution is 5.92. The number of amides is 1. The molecule has 7 heteroatoms. The van der Waals surface area contributed by atoms with Gasteiger partial charge in [-0.15, -0.1) is 0 Å². The van der Waals surface area contributed by atoms with Crippen molar-refractivity contribution in [2.45, 2.75) is 25.4 Å². The van der Waals surface area contributed by atoms with Gasteiger partial charge in [-0.3, -0.25) is 4.79 Å². The van der Waals surface area contributed by atoms with Crippen LogP contribution >= 0.6 is 0 Å². The molecule has 0 spiro atoms. The average molecular weight is 356 g/mol. The minimum Gasteiger partial charge on any atom is -0.496 e. The van der Waals surface area contributed by atoms with Gasteiger partial charge in [0, 0.05) is 19.7 Å². The van der Waals surface area contributed by atoms with Gasteiger partial charge in [0.2, 0.25) is 0 Å². The van der Waals surface area contributed by atoms with Crippen molar-refractivity contribution in [3.8, 4) is 5.75 Å². The number of hydrogen-bond donors (Lipinski definition) is 2. The summed E-state index contributed by atoms with van der Waals surface area (Å²) in [5.41, 5.74) is 1.43. The van der Waals surface area contributed by atoms with Crippen LogP contribution in [0.1, 0.15) is 28.9 Å². The van der Waals surface area contributed by atoms with Crippen molar-refractivity contribution >= 4 is 11.7 Å². The molecule has 1 saturated heterocycles. The van der Waals surface area contributed by atoms with E-state index in [4.69, 9.17) is 9.47 Å². The van der Waals surface area contributed by atoms with E-state index in [9.17, 15) is 4.79 Å². The van der Waals surface area contributed by atoms with Crippen LogP contribution in [0.2, 0.25) is 0 Å². The predicted molar refractivity (Wildman–Crippen MR) is 98.5 cm³/mol. The van der Waals surface area contributed by atoms with Crippen molar-refractivity contribution < 1.29 is 14.3 Å². The maximum atomic E-state index is 12.1. The van der Waals surface area contributed by atoms with E-state index in [2.05, 4.69) is 20.6 Å². The Morgan fingerprint density at radius 1 is 1.31 bits per heavy atom. The van der Waals surface area contributed by atoms with E-state index in [1.165, 1.54) is 6.20 Å². The molecule has 26 heavy (non-hydrogen) atoms. The topological polar surface area (TPSA) is 85.4 Å². The Morgan fingerprint density at radius 3 is 2.92 bits per heavy atom. The zero-order chi connectivity index (χ0) is 18.2. The molecule has 3 rings (SSSR count). The van der Waals surface area contributed by atoms with Crippen molar-refractivity contribution in [1.82, 2.24) is 15.3 Å². The highest BCUT2D eigenvalue weighted by atomic mass is 16.5. The van der Waals surface area contributed by atoms with Crippen LogP contribution in [0, 0.1) is 0 Å². The molecule has 1 aliphatic rings. The Hall–Kier alpha value is -2.67. The number of carbonyl (C=O) groups is 1. The summed E-state index contributed by atoms with van der Waals surface area (Å²) in [5.74, 6) is 1.28. The van der Waals surface area contributed by atoms with E-state index < -0.39 is 0 Å². The predicted octanol–water partition coefficient (Wildman–Crippen LogP) is 2.05. The lowest BCUT2D eigenvalue weighted by Crippen LogP contribution is -2.32. The normalized spacial score (nSPS) is 16.3. The van der Waals surface area contributed by atoms with Crippen LogP contribution < -0.4 is 15.4 Å². The third-order valence-electron chi connectivity index (χ3n) is 4.29. The van der Waals surface area contributed by atoms with Crippen molar-refractivity contribution in [3.05, 3.63) is 47.9 Å². The molecule has 1 unspecified atom stereocenters. The first-order valence-electron chi connectivity index (χ1n) is 8.84. The molecule has 1 fully saturated rings. The number of methoxy groups -OCH3 is 1. The zero-order valence-corrected chi connectivity index (χ0v) is 14.9. The summed E-state index contributed by atoms with van der Waals surface area (Å²) in [6.07, 6.45) is 6.01. The van der Waals surface area contributed by atoms with Gasteiger partial charge in [-0.05, 0) is 30.9 Å². The second-order valence-corrected chi connectivity index (χ2v) is 6.12. The summed E-state index contributed by atoms with van der Waals surface area (Å²) in [5, 5.41) is 6.04. The molecular weight excluding hydrogens is 332 g/mol. The van der Waals surface area contributed by atoms with Crippen LogP contribution in [0.5, 0.6) is 5.75 Å². The van der Waals surface area contributed by atoms with Gasteiger partial charge in [0.15, 0.2) is 0 Å². The Bertz CT molecular complexity index is 715. The number of carbonyl (C=O) groups excluding carboxylic acids is 1. The molecule has 2 aromatic rings. The molecule has 0 saturated carbocycles. The molecule has 0 radical (unpaired) electrons. The highest BCUT2D eigenvalue weighted by Crippen LogP contribution is 2.17. The molecule has 1 amide bonds. The highest BCUT2D eigenvalue weighted by Gasteiger charge is 2.17. The first-order chi connectivity index (χ1) is 12.8. The third kappa shape index (κ3) is 4.92. The second kappa shape index (κ2) is 9.15.